The quantitative estimate of drug-likeness (QED) is 0.492. The molecule has 1 aliphatic heterocycles. The number of furan rings is 1. The molecule has 1 saturated heterocycles. The number of non-ortho nitro benzene ring substituents is 1. The monoisotopic (exact) mass is 357 g/mol. The van der Waals surface area contributed by atoms with E-state index in [9.17, 15) is 19.7 Å². The van der Waals surface area contributed by atoms with Crippen LogP contribution in [0.4, 0.5) is 10.5 Å². The fourth-order valence-corrected chi connectivity index (χ4v) is 2.77. The summed E-state index contributed by atoms with van der Waals surface area (Å²) in [5.74, 6) is -0.786. The summed E-state index contributed by atoms with van der Waals surface area (Å²) in [5.41, 5.74) is 0.620. The number of carbonyl (C=O) groups is 2. The molecule has 2 atom stereocenters. The van der Waals surface area contributed by atoms with Gasteiger partial charge in [-0.05, 0) is 12.1 Å². The van der Waals surface area contributed by atoms with Crippen LogP contribution in [-0.4, -0.2) is 24.0 Å². The van der Waals surface area contributed by atoms with Gasteiger partial charge in [0.15, 0.2) is 0 Å². The van der Waals surface area contributed by atoms with E-state index in [1.807, 2.05) is 0 Å². The summed E-state index contributed by atoms with van der Waals surface area (Å²) in [4.78, 5) is 34.2. The Labute approximate surface area is 147 Å². The molecule has 1 aromatic heterocycles. The Bertz CT molecular complexity index is 903. The van der Waals surface area contributed by atoms with Crippen LogP contribution in [0, 0.1) is 16.0 Å². The molecule has 2 amide bonds. The van der Waals surface area contributed by atoms with E-state index in [0.717, 1.165) is 0 Å². The number of nitro benzene ring substituents is 1. The van der Waals surface area contributed by atoms with Crippen molar-refractivity contribution in [2.24, 2.45) is 5.92 Å². The van der Waals surface area contributed by atoms with Crippen LogP contribution < -0.4 is 10.6 Å². The molecule has 0 spiro atoms. The van der Waals surface area contributed by atoms with Gasteiger partial charge in [0.25, 0.3) is 5.69 Å². The number of urea groups is 1. The number of methoxy groups -OCH3 is 1. The lowest BCUT2D eigenvalue weighted by Crippen LogP contribution is -2.50. The smallest absolute Gasteiger partial charge is 0.319 e. The number of carbonyl (C=O) groups excluding carboxylic acids is 2. The SMILES string of the molecule is C=C1NC(=O)NC(c2ccc(-c3cccc([N+](=O)[O-])c3)o2)C1C(=O)OC. The second kappa shape index (κ2) is 6.71. The lowest BCUT2D eigenvalue weighted by atomic mass is 9.93. The topological polar surface area (TPSA) is 124 Å². The van der Waals surface area contributed by atoms with Crippen LogP contribution in [0.1, 0.15) is 11.8 Å². The van der Waals surface area contributed by atoms with Crippen molar-refractivity contribution in [2.75, 3.05) is 7.11 Å². The van der Waals surface area contributed by atoms with E-state index in [4.69, 9.17) is 9.15 Å². The Kier molecular flexibility index (Phi) is 4.44. The van der Waals surface area contributed by atoms with E-state index in [-0.39, 0.29) is 11.4 Å². The fraction of sp³-hybridized carbons (Fsp3) is 0.176. The summed E-state index contributed by atoms with van der Waals surface area (Å²) in [7, 11) is 1.24. The molecule has 2 N–H and O–H groups in total. The van der Waals surface area contributed by atoms with Gasteiger partial charge in [0, 0.05) is 23.4 Å². The van der Waals surface area contributed by atoms with Gasteiger partial charge in [-0.1, -0.05) is 18.7 Å². The molecule has 0 aliphatic carbocycles. The van der Waals surface area contributed by atoms with Crippen LogP contribution in [0.25, 0.3) is 11.3 Å². The molecule has 1 fully saturated rings. The summed E-state index contributed by atoms with van der Waals surface area (Å²) < 4.78 is 10.5. The van der Waals surface area contributed by atoms with E-state index < -0.39 is 28.9 Å². The maximum absolute atomic E-state index is 12.1. The maximum atomic E-state index is 12.1. The van der Waals surface area contributed by atoms with E-state index >= 15 is 0 Å². The molecule has 134 valence electrons. The van der Waals surface area contributed by atoms with Gasteiger partial charge in [0.1, 0.15) is 23.5 Å². The Hall–Kier alpha value is -3.62. The van der Waals surface area contributed by atoms with Crippen molar-refractivity contribution in [2.45, 2.75) is 6.04 Å². The third-order valence-corrected chi connectivity index (χ3v) is 4.00. The molecular formula is C17H15N3O6. The third kappa shape index (κ3) is 3.14. The zero-order valence-electron chi connectivity index (χ0n) is 13.7. The number of ether oxygens (including phenoxy) is 1. The number of rotatable bonds is 4. The van der Waals surface area contributed by atoms with Crippen LogP contribution in [0.5, 0.6) is 0 Å². The Morgan fingerprint density at radius 2 is 2.12 bits per heavy atom. The fourth-order valence-electron chi connectivity index (χ4n) is 2.77. The highest BCUT2D eigenvalue weighted by molar-refractivity contribution is 5.85. The van der Waals surface area contributed by atoms with Gasteiger partial charge < -0.3 is 19.8 Å². The largest absolute Gasteiger partial charge is 0.468 e. The number of nitro groups is 1. The number of esters is 1. The Morgan fingerprint density at radius 1 is 1.35 bits per heavy atom. The Morgan fingerprint density at radius 3 is 2.81 bits per heavy atom. The highest BCUT2D eigenvalue weighted by Crippen LogP contribution is 2.34. The molecule has 2 heterocycles. The van der Waals surface area contributed by atoms with Gasteiger partial charge in [-0.25, -0.2) is 4.79 Å². The third-order valence-electron chi connectivity index (χ3n) is 4.00. The van der Waals surface area contributed by atoms with Gasteiger partial charge in [0.05, 0.1) is 12.0 Å². The Balaban J connectivity index is 1.96. The second-order valence-electron chi connectivity index (χ2n) is 5.61. The standard InChI is InChI=1S/C17H15N3O6/c1-9-14(16(21)25-2)15(19-17(22)18-9)13-7-6-12(26-13)10-4-3-5-11(8-10)20(23)24/h3-8,14-15H,1H2,2H3,(H2,18,19,22). The molecule has 2 unspecified atom stereocenters. The molecule has 0 bridgehead atoms. The normalized spacial score (nSPS) is 19.4. The summed E-state index contributed by atoms with van der Waals surface area (Å²) in [6.07, 6.45) is 0. The number of benzene rings is 1. The zero-order valence-corrected chi connectivity index (χ0v) is 13.7. The van der Waals surface area contributed by atoms with Gasteiger partial charge in [-0.3, -0.25) is 14.9 Å². The molecule has 2 aromatic rings. The van der Waals surface area contributed by atoms with Crippen molar-refractivity contribution in [1.29, 1.82) is 0 Å². The van der Waals surface area contributed by atoms with Crippen molar-refractivity contribution in [3.8, 4) is 11.3 Å². The minimum Gasteiger partial charge on any atom is -0.468 e. The molecule has 1 aliphatic rings. The van der Waals surface area contributed by atoms with Gasteiger partial charge in [-0.15, -0.1) is 0 Å². The predicted molar refractivity (Wildman–Crippen MR) is 89.9 cm³/mol. The van der Waals surface area contributed by atoms with E-state index in [1.165, 1.54) is 19.2 Å². The van der Waals surface area contributed by atoms with Crippen molar-refractivity contribution >= 4 is 17.7 Å². The molecular weight excluding hydrogens is 342 g/mol. The van der Waals surface area contributed by atoms with Crippen LogP contribution in [0.15, 0.2) is 53.1 Å². The number of nitrogens with zero attached hydrogens (tertiary/aromatic N) is 1. The van der Waals surface area contributed by atoms with Gasteiger partial charge in [-0.2, -0.15) is 0 Å². The molecule has 26 heavy (non-hydrogen) atoms. The maximum Gasteiger partial charge on any atom is 0.319 e. The van der Waals surface area contributed by atoms with Crippen molar-refractivity contribution in [1.82, 2.24) is 10.6 Å². The van der Waals surface area contributed by atoms with Crippen LogP contribution in [-0.2, 0) is 9.53 Å². The average Bonchev–Trinajstić information content (AvgIpc) is 3.10. The minimum atomic E-state index is -0.873. The van der Waals surface area contributed by atoms with Crippen LogP contribution in [0.3, 0.4) is 0 Å². The number of amides is 2. The second-order valence-corrected chi connectivity index (χ2v) is 5.61. The van der Waals surface area contributed by atoms with Crippen molar-refractivity contribution in [3.63, 3.8) is 0 Å². The summed E-state index contributed by atoms with van der Waals surface area (Å²) >= 11 is 0. The van der Waals surface area contributed by atoms with Gasteiger partial charge in [0.2, 0.25) is 0 Å². The van der Waals surface area contributed by atoms with Crippen molar-refractivity contribution in [3.05, 3.63) is 64.5 Å². The van der Waals surface area contributed by atoms with E-state index in [1.54, 1.807) is 24.3 Å². The summed E-state index contributed by atoms with van der Waals surface area (Å²) in [5, 5.41) is 16.0. The summed E-state index contributed by atoms with van der Waals surface area (Å²) in [6, 6.07) is 7.82. The molecule has 9 heteroatoms. The number of hydrogen-bond donors (Lipinski definition) is 2. The van der Waals surface area contributed by atoms with Gasteiger partial charge >= 0.3 is 12.0 Å². The highest BCUT2D eigenvalue weighted by Gasteiger charge is 2.40. The lowest BCUT2D eigenvalue weighted by molar-refractivity contribution is -0.384. The average molecular weight is 357 g/mol. The van der Waals surface area contributed by atoms with E-state index in [2.05, 4.69) is 17.2 Å². The molecule has 1 aromatic carbocycles. The van der Waals surface area contributed by atoms with E-state index in [0.29, 0.717) is 17.1 Å². The first kappa shape index (κ1) is 17.2. The first-order chi connectivity index (χ1) is 12.4. The molecule has 0 radical (unpaired) electrons. The molecule has 0 saturated carbocycles. The zero-order chi connectivity index (χ0) is 18.8. The highest BCUT2D eigenvalue weighted by atomic mass is 16.6. The van der Waals surface area contributed by atoms with Crippen LogP contribution in [0.2, 0.25) is 0 Å². The first-order valence-corrected chi connectivity index (χ1v) is 7.59. The molecule has 9 nitrogen and oxygen atoms in total. The van der Waals surface area contributed by atoms with Crippen molar-refractivity contribution < 1.29 is 23.7 Å². The van der Waals surface area contributed by atoms with Crippen LogP contribution >= 0.6 is 0 Å². The predicted octanol–water partition coefficient (Wildman–Crippen LogP) is 2.51. The summed E-state index contributed by atoms with van der Waals surface area (Å²) in [6.45, 7) is 3.70. The number of hydrogen-bond acceptors (Lipinski definition) is 6. The number of nitrogens with one attached hydrogen (secondary N) is 2. The lowest BCUT2D eigenvalue weighted by Gasteiger charge is -2.31. The minimum absolute atomic E-state index is 0.0727. The first-order valence-electron chi connectivity index (χ1n) is 7.59. The molecule has 3 rings (SSSR count).